The summed E-state index contributed by atoms with van der Waals surface area (Å²) in [6, 6.07) is 0.0752. The molecule has 0 saturated heterocycles. The van der Waals surface area contributed by atoms with Gasteiger partial charge in [0.15, 0.2) is 5.78 Å². The smallest absolute Gasteiger partial charge is 0.157 e. The second-order valence-electron chi connectivity index (χ2n) is 2.46. The molecule has 0 aromatic heterocycles. The van der Waals surface area contributed by atoms with Gasteiger partial charge in [0.25, 0.3) is 0 Å². The van der Waals surface area contributed by atoms with E-state index >= 15 is 0 Å². The largest absolute Gasteiger partial charge is 0.295 e. The molecule has 0 aromatic rings. The van der Waals surface area contributed by atoms with Crippen LogP contribution in [0.1, 0.15) is 20.3 Å². The number of hydrogen-bond acceptors (Lipinski definition) is 2. The van der Waals surface area contributed by atoms with E-state index in [0.29, 0.717) is 0 Å². The summed E-state index contributed by atoms with van der Waals surface area (Å²) >= 11 is 0. The third-order valence-electron chi connectivity index (χ3n) is 1.63. The minimum Gasteiger partial charge on any atom is -0.295 e. The fraction of sp³-hybridized carbons (Fsp3) is 0.500. The van der Waals surface area contributed by atoms with Gasteiger partial charge in [0.05, 0.1) is 6.04 Å². The number of carbonyl (C=O) groups is 1. The first-order chi connectivity index (χ1) is 4.72. The van der Waals surface area contributed by atoms with Crippen LogP contribution in [0.4, 0.5) is 0 Å². The van der Waals surface area contributed by atoms with Crippen molar-refractivity contribution in [1.29, 1.82) is 0 Å². The summed E-state index contributed by atoms with van der Waals surface area (Å²) in [6.45, 7) is 3.52. The summed E-state index contributed by atoms with van der Waals surface area (Å²) in [7, 11) is 0. The SMILES string of the molecule is CC(=O)C1=CCC=N[C@H]1C. The lowest BCUT2D eigenvalue weighted by Gasteiger charge is -2.11. The van der Waals surface area contributed by atoms with Gasteiger partial charge >= 0.3 is 0 Å². The topological polar surface area (TPSA) is 29.4 Å². The Morgan fingerprint density at radius 3 is 2.90 bits per heavy atom. The lowest BCUT2D eigenvalue weighted by atomic mass is 10.0. The lowest BCUT2D eigenvalue weighted by molar-refractivity contribution is -0.113. The first-order valence-corrected chi connectivity index (χ1v) is 3.44. The summed E-state index contributed by atoms with van der Waals surface area (Å²) in [4.78, 5) is 15.0. The van der Waals surface area contributed by atoms with Gasteiger partial charge in [0, 0.05) is 18.2 Å². The van der Waals surface area contributed by atoms with Crippen LogP contribution in [0, 0.1) is 0 Å². The zero-order valence-corrected chi connectivity index (χ0v) is 6.29. The molecule has 0 unspecified atom stereocenters. The third kappa shape index (κ3) is 1.32. The zero-order valence-electron chi connectivity index (χ0n) is 6.29. The van der Waals surface area contributed by atoms with E-state index in [1.807, 2.05) is 19.2 Å². The van der Waals surface area contributed by atoms with Gasteiger partial charge in [-0.05, 0) is 13.8 Å². The number of allylic oxidation sites excluding steroid dienone is 1. The number of carbonyl (C=O) groups excluding carboxylic acids is 1. The van der Waals surface area contributed by atoms with Crippen molar-refractivity contribution in [2.24, 2.45) is 4.99 Å². The van der Waals surface area contributed by atoms with Crippen molar-refractivity contribution in [2.45, 2.75) is 26.3 Å². The number of dihydropyridines is 1. The van der Waals surface area contributed by atoms with Crippen LogP contribution in [-0.2, 0) is 4.79 Å². The van der Waals surface area contributed by atoms with Crippen LogP contribution in [0.15, 0.2) is 16.6 Å². The van der Waals surface area contributed by atoms with Crippen molar-refractivity contribution in [3.05, 3.63) is 11.6 Å². The quantitative estimate of drug-likeness (QED) is 0.536. The zero-order chi connectivity index (χ0) is 7.56. The van der Waals surface area contributed by atoms with Crippen molar-refractivity contribution in [1.82, 2.24) is 0 Å². The highest BCUT2D eigenvalue weighted by molar-refractivity contribution is 5.95. The van der Waals surface area contributed by atoms with Gasteiger partial charge in [-0.15, -0.1) is 0 Å². The van der Waals surface area contributed by atoms with E-state index in [9.17, 15) is 4.79 Å². The van der Waals surface area contributed by atoms with Crippen molar-refractivity contribution >= 4 is 12.0 Å². The fourth-order valence-corrected chi connectivity index (χ4v) is 1.09. The van der Waals surface area contributed by atoms with Crippen LogP contribution in [0.3, 0.4) is 0 Å². The van der Waals surface area contributed by atoms with Gasteiger partial charge in [-0.3, -0.25) is 9.79 Å². The molecule has 1 heterocycles. The molecule has 1 atom stereocenters. The summed E-state index contributed by atoms with van der Waals surface area (Å²) < 4.78 is 0. The Hall–Kier alpha value is -0.920. The first kappa shape index (κ1) is 7.19. The minimum atomic E-state index is 0.0752. The number of nitrogens with zero attached hydrogens (tertiary/aromatic N) is 1. The molecule has 1 aliphatic heterocycles. The van der Waals surface area contributed by atoms with Crippen LogP contribution < -0.4 is 0 Å². The van der Waals surface area contributed by atoms with Crippen LogP contribution in [0.2, 0.25) is 0 Å². The van der Waals surface area contributed by atoms with Gasteiger partial charge in [0.2, 0.25) is 0 Å². The predicted octanol–water partition coefficient (Wildman–Crippen LogP) is 1.36. The number of Topliss-reactive ketones (excluding diaryl/α,β-unsaturated/α-hetero) is 1. The Balaban J connectivity index is 2.76. The summed E-state index contributed by atoms with van der Waals surface area (Å²) in [5.41, 5.74) is 0.850. The second kappa shape index (κ2) is 2.78. The maximum atomic E-state index is 10.9. The highest BCUT2D eigenvalue weighted by atomic mass is 16.1. The van der Waals surface area contributed by atoms with E-state index in [-0.39, 0.29) is 11.8 Å². The molecule has 0 spiro atoms. The highest BCUT2D eigenvalue weighted by Crippen LogP contribution is 2.11. The van der Waals surface area contributed by atoms with Crippen LogP contribution in [0.25, 0.3) is 0 Å². The van der Waals surface area contributed by atoms with Gasteiger partial charge in [-0.1, -0.05) is 6.08 Å². The number of aliphatic imine (C=N–C) groups is 1. The Morgan fingerprint density at radius 2 is 2.50 bits per heavy atom. The molecule has 2 heteroatoms. The maximum Gasteiger partial charge on any atom is 0.157 e. The molecule has 0 bridgehead atoms. The maximum absolute atomic E-state index is 10.9. The molecule has 0 aliphatic carbocycles. The average Bonchev–Trinajstić information content (AvgIpc) is 1.88. The molecule has 0 N–H and O–H groups in total. The van der Waals surface area contributed by atoms with Gasteiger partial charge in [0.1, 0.15) is 0 Å². The molecule has 10 heavy (non-hydrogen) atoms. The molecule has 0 saturated carbocycles. The van der Waals surface area contributed by atoms with Crippen LogP contribution in [0.5, 0.6) is 0 Å². The molecule has 0 fully saturated rings. The van der Waals surface area contributed by atoms with Gasteiger partial charge in [-0.2, -0.15) is 0 Å². The summed E-state index contributed by atoms with van der Waals surface area (Å²) in [5, 5.41) is 0. The molecule has 2 nitrogen and oxygen atoms in total. The van der Waals surface area contributed by atoms with Crippen LogP contribution in [-0.4, -0.2) is 18.0 Å². The molecular formula is C8H11NO. The molecule has 0 aromatic carbocycles. The lowest BCUT2D eigenvalue weighted by Crippen LogP contribution is -2.13. The Labute approximate surface area is 60.7 Å². The monoisotopic (exact) mass is 137 g/mol. The highest BCUT2D eigenvalue weighted by Gasteiger charge is 2.12. The van der Waals surface area contributed by atoms with E-state index < -0.39 is 0 Å². The second-order valence-corrected chi connectivity index (χ2v) is 2.46. The van der Waals surface area contributed by atoms with E-state index in [2.05, 4.69) is 4.99 Å². The molecule has 0 radical (unpaired) electrons. The Kier molecular flexibility index (Phi) is 2.00. The average molecular weight is 137 g/mol. The van der Waals surface area contributed by atoms with Gasteiger partial charge < -0.3 is 0 Å². The van der Waals surface area contributed by atoms with Crippen LogP contribution >= 0.6 is 0 Å². The van der Waals surface area contributed by atoms with E-state index in [1.165, 1.54) is 0 Å². The molecule has 1 aliphatic rings. The van der Waals surface area contributed by atoms with Crippen molar-refractivity contribution in [3.8, 4) is 0 Å². The van der Waals surface area contributed by atoms with E-state index in [0.717, 1.165) is 12.0 Å². The first-order valence-electron chi connectivity index (χ1n) is 3.44. The number of ketones is 1. The predicted molar refractivity (Wildman–Crippen MR) is 41.3 cm³/mol. The molecule has 54 valence electrons. The standard InChI is InChI=1S/C8H11NO/c1-6-8(7(2)10)4-3-5-9-6/h4-6H,3H2,1-2H3/t6-/m0/s1. The van der Waals surface area contributed by atoms with Crippen molar-refractivity contribution < 1.29 is 4.79 Å². The van der Waals surface area contributed by atoms with E-state index in [4.69, 9.17) is 0 Å². The summed E-state index contributed by atoms with van der Waals surface area (Å²) in [5.74, 6) is 0.143. The van der Waals surface area contributed by atoms with E-state index in [1.54, 1.807) is 6.92 Å². The molecule has 0 amide bonds. The fourth-order valence-electron chi connectivity index (χ4n) is 1.09. The van der Waals surface area contributed by atoms with Gasteiger partial charge in [-0.25, -0.2) is 0 Å². The minimum absolute atomic E-state index is 0.0752. The normalized spacial score (nSPS) is 24.2. The third-order valence-corrected chi connectivity index (χ3v) is 1.63. The Morgan fingerprint density at radius 1 is 1.80 bits per heavy atom. The number of hydrogen-bond donors (Lipinski definition) is 0. The molecule has 1 rings (SSSR count). The molecular weight excluding hydrogens is 126 g/mol. The number of rotatable bonds is 1. The summed E-state index contributed by atoms with van der Waals surface area (Å²) in [6.07, 6.45) is 4.59. The van der Waals surface area contributed by atoms with Crippen molar-refractivity contribution in [2.75, 3.05) is 0 Å². The van der Waals surface area contributed by atoms with Crippen molar-refractivity contribution in [3.63, 3.8) is 0 Å². The Bertz CT molecular complexity index is 203.